The summed E-state index contributed by atoms with van der Waals surface area (Å²) in [6.07, 6.45) is 7.70. The van der Waals surface area contributed by atoms with Crippen LogP contribution in [0.5, 0.6) is 0 Å². The summed E-state index contributed by atoms with van der Waals surface area (Å²) in [7, 11) is -1.59. The monoisotopic (exact) mass is 407 g/mol. The van der Waals surface area contributed by atoms with E-state index in [1.54, 1.807) is 18.2 Å². The van der Waals surface area contributed by atoms with Crippen LogP contribution in [0.1, 0.15) is 37.7 Å². The number of esters is 1. The summed E-state index contributed by atoms with van der Waals surface area (Å²) in [5.74, 6) is -0.377. The van der Waals surface area contributed by atoms with E-state index in [1.807, 2.05) is 19.2 Å². The van der Waals surface area contributed by atoms with Gasteiger partial charge in [0.05, 0.1) is 11.5 Å². The third-order valence-corrected chi connectivity index (χ3v) is 6.79. The molecule has 1 heterocycles. The average molecular weight is 408 g/mol. The Morgan fingerprint density at radius 2 is 1.85 bits per heavy atom. The SMILES string of the molecule is C=CC(=O)OCCCCCCCN(C)C1=CC(=S)S(=O)(=O)c2ccccc21. The van der Waals surface area contributed by atoms with Crippen molar-refractivity contribution < 1.29 is 17.9 Å². The van der Waals surface area contributed by atoms with E-state index in [0.29, 0.717) is 12.2 Å². The number of unbranched alkanes of at least 4 members (excludes halogenated alkanes) is 4. The number of hydrogen-bond acceptors (Lipinski definition) is 6. The van der Waals surface area contributed by atoms with Crippen molar-refractivity contribution in [1.82, 2.24) is 4.90 Å². The molecule has 0 aromatic heterocycles. The Bertz CT molecular complexity index is 843. The van der Waals surface area contributed by atoms with Crippen molar-refractivity contribution in [1.29, 1.82) is 0 Å². The molecule has 0 aliphatic carbocycles. The molecule has 0 N–H and O–H groups in total. The molecule has 7 heteroatoms. The minimum Gasteiger partial charge on any atom is -0.463 e. The fourth-order valence-corrected chi connectivity index (χ4v) is 4.52. The smallest absolute Gasteiger partial charge is 0.330 e. The van der Waals surface area contributed by atoms with Crippen LogP contribution in [0.15, 0.2) is 47.9 Å². The second kappa shape index (κ2) is 9.80. The van der Waals surface area contributed by atoms with Gasteiger partial charge in [0.2, 0.25) is 9.84 Å². The molecule has 0 unspecified atom stereocenters. The van der Waals surface area contributed by atoms with Gasteiger partial charge in [-0.15, -0.1) is 0 Å². The van der Waals surface area contributed by atoms with Crippen LogP contribution >= 0.6 is 12.2 Å². The van der Waals surface area contributed by atoms with Crippen LogP contribution < -0.4 is 0 Å². The summed E-state index contributed by atoms with van der Waals surface area (Å²) in [5, 5.41) is 0. The van der Waals surface area contributed by atoms with E-state index < -0.39 is 9.84 Å². The van der Waals surface area contributed by atoms with Crippen LogP contribution in [0.3, 0.4) is 0 Å². The summed E-state index contributed by atoms with van der Waals surface area (Å²) in [4.78, 5) is 13.3. The Labute approximate surface area is 166 Å². The first kappa shape index (κ1) is 21.3. The van der Waals surface area contributed by atoms with Crippen molar-refractivity contribution >= 4 is 37.9 Å². The van der Waals surface area contributed by atoms with Crippen molar-refractivity contribution in [2.75, 3.05) is 20.2 Å². The van der Waals surface area contributed by atoms with Crippen LogP contribution in [0.4, 0.5) is 0 Å². The van der Waals surface area contributed by atoms with Crippen molar-refractivity contribution in [3.05, 3.63) is 48.6 Å². The van der Waals surface area contributed by atoms with E-state index in [2.05, 4.69) is 11.5 Å². The fraction of sp³-hybridized carbons (Fsp3) is 0.400. The molecule has 2 rings (SSSR count). The molecule has 0 spiro atoms. The van der Waals surface area contributed by atoms with Crippen LogP contribution in [0.25, 0.3) is 5.70 Å². The number of fused-ring (bicyclic) bond motifs is 1. The lowest BCUT2D eigenvalue weighted by Gasteiger charge is -2.27. The lowest BCUT2D eigenvalue weighted by atomic mass is 10.1. The van der Waals surface area contributed by atoms with Gasteiger partial charge < -0.3 is 9.64 Å². The number of carbonyl (C=O) groups is 1. The molecule has 1 aliphatic heterocycles. The summed E-state index contributed by atoms with van der Waals surface area (Å²) < 4.78 is 29.7. The van der Waals surface area contributed by atoms with Gasteiger partial charge in [0, 0.05) is 30.9 Å². The highest BCUT2D eigenvalue weighted by Crippen LogP contribution is 2.32. The summed E-state index contributed by atoms with van der Waals surface area (Å²) in [6, 6.07) is 6.98. The number of hydrogen-bond donors (Lipinski definition) is 0. The predicted octanol–water partition coefficient (Wildman–Crippen LogP) is 3.75. The molecule has 1 aliphatic rings. The Morgan fingerprint density at radius 3 is 2.59 bits per heavy atom. The molecule has 0 amide bonds. The third kappa shape index (κ3) is 5.49. The molecule has 0 saturated carbocycles. The number of carbonyl (C=O) groups excluding carboxylic acids is 1. The molecular formula is C20H25NO4S2. The first-order chi connectivity index (χ1) is 12.9. The standard InChI is InChI=1S/C20H25NO4S2/c1-3-19(22)25-14-10-6-4-5-9-13-21(2)17-15-20(26)27(23,24)18-12-8-7-11-16(17)18/h3,7-8,11-12,15H,1,4-6,9-10,13-14H2,2H3. The molecule has 0 fully saturated rings. The maximum atomic E-state index is 12.4. The molecule has 0 saturated heterocycles. The quantitative estimate of drug-likeness (QED) is 0.255. The second-order valence-electron chi connectivity index (χ2n) is 6.41. The second-order valence-corrected chi connectivity index (χ2v) is 8.99. The zero-order valence-corrected chi connectivity index (χ0v) is 17.2. The maximum Gasteiger partial charge on any atom is 0.330 e. The summed E-state index contributed by atoms with van der Waals surface area (Å²) in [6.45, 7) is 4.60. The maximum absolute atomic E-state index is 12.4. The average Bonchev–Trinajstić information content (AvgIpc) is 2.66. The van der Waals surface area contributed by atoms with Crippen LogP contribution in [0, 0.1) is 0 Å². The van der Waals surface area contributed by atoms with Crippen molar-refractivity contribution in [2.45, 2.75) is 37.0 Å². The predicted molar refractivity (Wildman–Crippen MR) is 111 cm³/mol. The largest absolute Gasteiger partial charge is 0.463 e. The molecule has 146 valence electrons. The molecule has 0 atom stereocenters. The minimum atomic E-state index is -3.55. The van der Waals surface area contributed by atoms with Gasteiger partial charge in [-0.05, 0) is 25.0 Å². The first-order valence-electron chi connectivity index (χ1n) is 8.98. The zero-order chi connectivity index (χ0) is 19.9. The van der Waals surface area contributed by atoms with Crippen LogP contribution in [-0.4, -0.2) is 43.7 Å². The van der Waals surface area contributed by atoms with Crippen LogP contribution in [0.2, 0.25) is 0 Å². The van der Waals surface area contributed by atoms with Gasteiger partial charge in [0.15, 0.2) is 0 Å². The van der Waals surface area contributed by atoms with E-state index >= 15 is 0 Å². The molecule has 0 bridgehead atoms. The lowest BCUT2D eigenvalue weighted by molar-refractivity contribution is -0.137. The van der Waals surface area contributed by atoms with Gasteiger partial charge in [-0.1, -0.05) is 56.3 Å². The highest BCUT2D eigenvalue weighted by atomic mass is 32.2. The van der Waals surface area contributed by atoms with Crippen molar-refractivity contribution in [3.63, 3.8) is 0 Å². The highest BCUT2D eigenvalue weighted by molar-refractivity contribution is 8.18. The molecular weight excluding hydrogens is 382 g/mol. The molecule has 1 aromatic carbocycles. The minimum absolute atomic E-state index is 0.0304. The molecule has 5 nitrogen and oxygen atoms in total. The number of sulfone groups is 1. The van der Waals surface area contributed by atoms with E-state index in [9.17, 15) is 13.2 Å². The normalized spacial score (nSPS) is 14.9. The Balaban J connectivity index is 1.81. The van der Waals surface area contributed by atoms with Gasteiger partial charge in [0.1, 0.15) is 4.20 Å². The number of ether oxygens (including phenoxy) is 1. The highest BCUT2D eigenvalue weighted by Gasteiger charge is 2.30. The zero-order valence-electron chi connectivity index (χ0n) is 15.5. The Hall–Kier alpha value is -1.99. The summed E-state index contributed by atoms with van der Waals surface area (Å²) >= 11 is 5.10. The van der Waals surface area contributed by atoms with E-state index in [0.717, 1.165) is 44.3 Å². The number of rotatable bonds is 10. The van der Waals surface area contributed by atoms with Gasteiger partial charge in [-0.2, -0.15) is 0 Å². The molecule has 0 radical (unpaired) electrons. The topological polar surface area (TPSA) is 63.7 Å². The van der Waals surface area contributed by atoms with Crippen LogP contribution in [-0.2, 0) is 19.4 Å². The third-order valence-electron chi connectivity index (χ3n) is 4.43. The lowest BCUT2D eigenvalue weighted by Crippen LogP contribution is -2.25. The summed E-state index contributed by atoms with van der Waals surface area (Å²) in [5.41, 5.74) is 1.55. The molecule has 27 heavy (non-hydrogen) atoms. The number of thiocarbonyl (C=S) groups is 1. The first-order valence-corrected chi connectivity index (χ1v) is 10.9. The Morgan fingerprint density at radius 1 is 1.19 bits per heavy atom. The number of benzene rings is 1. The fourth-order valence-electron chi connectivity index (χ4n) is 2.94. The van der Waals surface area contributed by atoms with E-state index in [4.69, 9.17) is 17.0 Å². The van der Waals surface area contributed by atoms with E-state index in [1.165, 1.54) is 6.08 Å². The van der Waals surface area contributed by atoms with Gasteiger partial charge in [0.25, 0.3) is 0 Å². The van der Waals surface area contributed by atoms with Crippen molar-refractivity contribution in [3.8, 4) is 0 Å². The van der Waals surface area contributed by atoms with Gasteiger partial charge in [-0.3, -0.25) is 0 Å². The van der Waals surface area contributed by atoms with E-state index in [-0.39, 0.29) is 15.1 Å². The van der Waals surface area contributed by atoms with Gasteiger partial charge in [-0.25, -0.2) is 13.2 Å². The van der Waals surface area contributed by atoms with Gasteiger partial charge >= 0.3 is 5.97 Å². The Kier molecular flexibility index (Phi) is 7.74. The molecule has 1 aromatic rings. The van der Waals surface area contributed by atoms with Crippen molar-refractivity contribution in [2.24, 2.45) is 0 Å². The number of nitrogens with zero attached hydrogens (tertiary/aromatic N) is 1.